The van der Waals surface area contributed by atoms with Crippen molar-refractivity contribution < 1.29 is 36.7 Å². The number of hydrogen-bond acceptors (Lipinski definition) is 5. The van der Waals surface area contributed by atoms with Gasteiger partial charge in [0.05, 0.1) is 0 Å². The minimum atomic E-state index is -2.49. The van der Waals surface area contributed by atoms with Gasteiger partial charge in [0.1, 0.15) is 0 Å². The number of halogens is 3. The number of fused-ring (bicyclic) bond motifs is 1. The Labute approximate surface area is 217 Å². The second-order valence-electron chi connectivity index (χ2n) is 7.90. The summed E-state index contributed by atoms with van der Waals surface area (Å²) in [6.45, 7) is 0. The van der Waals surface area contributed by atoms with Crippen LogP contribution in [0.2, 0.25) is 5.21 Å². The quantitative estimate of drug-likeness (QED) is 0.236. The van der Waals surface area contributed by atoms with Crippen molar-refractivity contribution in [2.75, 3.05) is 21.3 Å². The van der Waals surface area contributed by atoms with Crippen molar-refractivity contribution in [1.82, 2.24) is 5.32 Å². The number of rotatable bonds is 8. The van der Waals surface area contributed by atoms with Gasteiger partial charge in [-0.1, -0.05) is 0 Å². The molecule has 1 aromatic heterocycles. The third-order valence-electron chi connectivity index (χ3n) is 5.68. The zero-order valence-corrected chi connectivity index (χ0v) is 22.0. The monoisotopic (exact) mass is 572 g/mol. The maximum atomic E-state index is 13.5. The predicted molar refractivity (Wildman–Crippen MR) is 135 cm³/mol. The van der Waals surface area contributed by atoms with Crippen molar-refractivity contribution in [3.05, 3.63) is 71.5 Å². The van der Waals surface area contributed by atoms with Crippen LogP contribution in [0.3, 0.4) is 0 Å². The van der Waals surface area contributed by atoms with Gasteiger partial charge in [0.25, 0.3) is 0 Å². The van der Waals surface area contributed by atoms with Gasteiger partial charge in [0.2, 0.25) is 0 Å². The summed E-state index contributed by atoms with van der Waals surface area (Å²) in [5.41, 5.74) is 2.36. The number of furan rings is 1. The molecule has 10 heteroatoms. The van der Waals surface area contributed by atoms with E-state index >= 15 is 0 Å². The summed E-state index contributed by atoms with van der Waals surface area (Å²) in [5.74, 6) is -0.958. The van der Waals surface area contributed by atoms with Crippen LogP contribution in [0.4, 0.5) is 13.2 Å². The number of hydrogen-bond donors (Lipinski definition) is 1. The Morgan fingerprint density at radius 3 is 2.35 bits per heavy atom. The molecule has 0 aliphatic heterocycles. The van der Waals surface area contributed by atoms with Crippen LogP contribution in [0.5, 0.6) is 5.75 Å². The number of carbonyl (C=O) groups is 2. The molecule has 6 nitrogen and oxygen atoms in total. The van der Waals surface area contributed by atoms with Gasteiger partial charge in [-0.2, -0.15) is 0 Å². The standard InChI is InChI=1S/C27H22AsF3NO5/c1-32-26(33)24-18-11-17(15-6-9-21(35-2)19(10-15)27(34)36-3)20(28-13-23(30)31)12-22(18)37-25(24)14-4-7-16(29)8-5-14/h4-12,23H,13H2,1-3H3,(H,32,33). The van der Waals surface area contributed by atoms with Gasteiger partial charge in [0, 0.05) is 0 Å². The van der Waals surface area contributed by atoms with E-state index in [0.717, 1.165) is 0 Å². The summed E-state index contributed by atoms with van der Waals surface area (Å²) >= 11 is -0.990. The van der Waals surface area contributed by atoms with E-state index in [-0.39, 0.29) is 22.1 Å². The summed E-state index contributed by atoms with van der Waals surface area (Å²) < 4.78 is 56.8. The van der Waals surface area contributed by atoms with Crippen LogP contribution in [0.15, 0.2) is 59.0 Å². The molecule has 0 aliphatic carbocycles. The molecule has 3 aromatic carbocycles. The Bertz CT molecular complexity index is 1470. The fraction of sp³-hybridized carbons (Fsp3) is 0.185. The molecule has 191 valence electrons. The minimum absolute atomic E-state index is 0.171. The molecule has 1 N–H and O–H groups in total. The number of benzene rings is 3. The topological polar surface area (TPSA) is 77.8 Å². The molecule has 0 saturated heterocycles. The first-order valence-corrected chi connectivity index (χ1v) is 13.3. The van der Waals surface area contributed by atoms with Gasteiger partial charge >= 0.3 is 218 Å². The van der Waals surface area contributed by atoms with E-state index in [1.807, 2.05) is 0 Å². The molecular formula is C27H22AsF3NO5. The SMILES string of the molecule is CNC(=O)c1c(-c2ccc(F)cc2)oc2cc([As]CC(F)F)c(-c3ccc(OC)c(C(=O)OC)c3)cc12. The third kappa shape index (κ3) is 5.37. The summed E-state index contributed by atoms with van der Waals surface area (Å²) in [6, 6.07) is 13.7. The van der Waals surface area contributed by atoms with Gasteiger partial charge in [0.15, 0.2) is 0 Å². The van der Waals surface area contributed by atoms with Crippen molar-refractivity contribution in [1.29, 1.82) is 0 Å². The van der Waals surface area contributed by atoms with Crippen LogP contribution < -0.4 is 14.4 Å². The summed E-state index contributed by atoms with van der Waals surface area (Å²) in [7, 11) is 4.14. The van der Waals surface area contributed by atoms with Crippen molar-refractivity contribution in [2.45, 2.75) is 11.6 Å². The van der Waals surface area contributed by atoms with Crippen LogP contribution in [0.1, 0.15) is 20.7 Å². The normalized spacial score (nSPS) is 11.4. The number of nitrogens with one attached hydrogen (secondary N) is 1. The molecule has 0 saturated carbocycles. The van der Waals surface area contributed by atoms with Gasteiger partial charge in [-0.3, -0.25) is 0 Å². The first-order valence-electron chi connectivity index (χ1n) is 11.1. The average molecular weight is 572 g/mol. The van der Waals surface area contributed by atoms with Crippen molar-refractivity contribution in [3.8, 4) is 28.2 Å². The molecular weight excluding hydrogens is 550 g/mol. The number of esters is 1. The molecule has 0 unspecified atom stereocenters. The van der Waals surface area contributed by atoms with Crippen molar-refractivity contribution >= 4 is 42.9 Å². The van der Waals surface area contributed by atoms with Crippen LogP contribution in [0, 0.1) is 5.82 Å². The third-order valence-corrected chi connectivity index (χ3v) is 8.14. The van der Waals surface area contributed by atoms with Crippen LogP contribution >= 0.6 is 0 Å². The number of amides is 1. The summed E-state index contributed by atoms with van der Waals surface area (Å²) in [6.07, 6.45) is -2.49. The van der Waals surface area contributed by atoms with Crippen molar-refractivity contribution in [2.24, 2.45) is 0 Å². The maximum absolute atomic E-state index is 13.5. The van der Waals surface area contributed by atoms with Gasteiger partial charge in [-0.25, -0.2) is 0 Å². The second-order valence-corrected chi connectivity index (χ2v) is 10.3. The zero-order chi connectivity index (χ0) is 26.7. The van der Waals surface area contributed by atoms with E-state index in [4.69, 9.17) is 13.9 Å². The van der Waals surface area contributed by atoms with E-state index in [0.29, 0.717) is 37.8 Å². The summed E-state index contributed by atoms with van der Waals surface area (Å²) in [4.78, 5) is 25.3. The Balaban J connectivity index is 1.99. The molecule has 1 radical (unpaired) electrons. The molecule has 0 fully saturated rings. The number of carbonyl (C=O) groups excluding carboxylic acids is 2. The Kier molecular flexibility index (Phi) is 7.93. The molecule has 0 atom stereocenters. The molecule has 0 spiro atoms. The van der Waals surface area contributed by atoms with E-state index in [2.05, 4.69) is 5.32 Å². The first kappa shape index (κ1) is 26.4. The molecule has 37 heavy (non-hydrogen) atoms. The fourth-order valence-corrected chi connectivity index (χ4v) is 5.86. The molecule has 0 aliphatic rings. The Morgan fingerprint density at radius 2 is 1.73 bits per heavy atom. The predicted octanol–water partition coefficient (Wildman–Crippen LogP) is 5.07. The van der Waals surface area contributed by atoms with Gasteiger partial charge < -0.3 is 0 Å². The Morgan fingerprint density at radius 1 is 1.03 bits per heavy atom. The van der Waals surface area contributed by atoms with Gasteiger partial charge in [-0.05, 0) is 0 Å². The number of ether oxygens (including phenoxy) is 2. The average Bonchev–Trinajstić information content (AvgIpc) is 3.28. The van der Waals surface area contributed by atoms with E-state index < -0.39 is 39.9 Å². The molecule has 0 bridgehead atoms. The fourth-order valence-electron chi connectivity index (χ4n) is 3.96. The van der Waals surface area contributed by atoms with Crippen molar-refractivity contribution in [3.63, 3.8) is 0 Å². The van der Waals surface area contributed by atoms with Crippen LogP contribution in [-0.2, 0) is 4.74 Å². The van der Waals surface area contributed by atoms with E-state index in [1.165, 1.54) is 45.5 Å². The second kappa shape index (κ2) is 11.1. The molecule has 1 amide bonds. The zero-order valence-electron chi connectivity index (χ0n) is 20.1. The number of methoxy groups -OCH3 is 2. The molecule has 4 aromatic rings. The van der Waals surface area contributed by atoms with E-state index in [1.54, 1.807) is 30.3 Å². The van der Waals surface area contributed by atoms with Crippen LogP contribution in [-0.4, -0.2) is 55.3 Å². The van der Waals surface area contributed by atoms with Crippen LogP contribution in [0.25, 0.3) is 33.4 Å². The van der Waals surface area contributed by atoms with Gasteiger partial charge in [-0.15, -0.1) is 0 Å². The molecule has 4 rings (SSSR count). The first-order chi connectivity index (χ1) is 17.8. The number of alkyl halides is 2. The molecule has 1 heterocycles. The van der Waals surface area contributed by atoms with E-state index in [9.17, 15) is 22.8 Å². The summed E-state index contributed by atoms with van der Waals surface area (Å²) in [5, 5.41) is 2.75. The Hall–Kier alpha value is -3.71.